The Bertz CT molecular complexity index is 2010. The summed E-state index contributed by atoms with van der Waals surface area (Å²) in [6.45, 7) is 4.66. The van der Waals surface area contributed by atoms with Crippen molar-refractivity contribution in [2.45, 2.75) is 26.7 Å². The first kappa shape index (κ1) is 25.0. The topological polar surface area (TPSA) is 30.7 Å². The summed E-state index contributed by atoms with van der Waals surface area (Å²) in [6, 6.07) is 45.0. The number of hydrogen-bond acceptors (Lipinski definition) is 2. The van der Waals surface area contributed by atoms with Gasteiger partial charge < -0.3 is 0 Å². The molecular formula is C38H31N3. The summed E-state index contributed by atoms with van der Waals surface area (Å²) in [5.74, 6) is 0.680. The highest BCUT2D eigenvalue weighted by Gasteiger charge is 2.36. The second-order valence-electron chi connectivity index (χ2n) is 11.1. The van der Waals surface area contributed by atoms with Gasteiger partial charge in [-0.2, -0.15) is 0 Å². The van der Waals surface area contributed by atoms with Gasteiger partial charge in [0.1, 0.15) is 0 Å². The predicted octanol–water partition coefficient (Wildman–Crippen LogP) is 9.85. The van der Waals surface area contributed by atoms with Crippen molar-refractivity contribution < 1.29 is 0 Å². The van der Waals surface area contributed by atoms with Crippen LogP contribution in [0.15, 0.2) is 127 Å². The number of nitrogens with zero attached hydrogens (tertiary/aromatic N) is 3. The maximum Gasteiger partial charge on any atom is 0.235 e. The molecule has 0 atom stereocenters. The first-order chi connectivity index (χ1) is 19.6. The fourth-order valence-electron chi connectivity index (χ4n) is 6.43. The molecule has 41 heavy (non-hydrogen) atoms. The highest BCUT2D eigenvalue weighted by molar-refractivity contribution is 6.11. The van der Waals surface area contributed by atoms with Gasteiger partial charge in [-0.25, -0.2) is 9.97 Å². The van der Waals surface area contributed by atoms with Gasteiger partial charge in [0, 0.05) is 27.3 Å². The summed E-state index contributed by atoms with van der Waals surface area (Å²) >= 11 is 0. The standard InChI is InChI=1S/C37H27N3.CH4/c1-37(2)30-19-11-9-17-26(30)28-21-29-27-18-10-12-20-34(27)40(35(29)22-31(28)37)36-38-32(24-13-5-3-6-14-24)23-33(39-36)25-15-7-4-8-16-25;/h3-23H,1-2H3;1H4. The minimum Gasteiger partial charge on any atom is -0.278 e. The SMILES string of the molecule is C.CC1(C)c2ccccc2-c2cc3c4ccccc4n(-c4nc(-c5ccccc5)cc(-c5ccccc5)n4)c3cc21. The van der Waals surface area contributed by atoms with E-state index in [1.54, 1.807) is 0 Å². The van der Waals surface area contributed by atoms with E-state index in [0.717, 1.165) is 33.5 Å². The Kier molecular flexibility index (Phi) is 5.65. The van der Waals surface area contributed by atoms with Crippen LogP contribution >= 0.6 is 0 Å². The molecule has 3 nitrogen and oxygen atoms in total. The fourth-order valence-corrected chi connectivity index (χ4v) is 6.43. The number of benzene rings is 5. The molecule has 0 amide bonds. The van der Waals surface area contributed by atoms with Crippen LogP contribution in [-0.4, -0.2) is 14.5 Å². The zero-order valence-corrected chi connectivity index (χ0v) is 22.5. The summed E-state index contributed by atoms with van der Waals surface area (Å²) in [5, 5.41) is 2.43. The molecule has 0 saturated heterocycles. The Balaban J connectivity index is 0.00000276. The van der Waals surface area contributed by atoms with Gasteiger partial charge in [0.25, 0.3) is 0 Å². The van der Waals surface area contributed by atoms with E-state index in [4.69, 9.17) is 9.97 Å². The normalized spacial score (nSPS) is 13.1. The third-order valence-electron chi connectivity index (χ3n) is 8.43. The van der Waals surface area contributed by atoms with Crippen LogP contribution in [0.1, 0.15) is 32.4 Å². The minimum absolute atomic E-state index is 0. The van der Waals surface area contributed by atoms with Crippen LogP contribution in [0.3, 0.4) is 0 Å². The Morgan fingerprint density at radius 1 is 0.512 bits per heavy atom. The maximum atomic E-state index is 5.19. The lowest BCUT2D eigenvalue weighted by atomic mass is 9.82. The summed E-state index contributed by atoms with van der Waals surface area (Å²) in [6.07, 6.45) is 0. The highest BCUT2D eigenvalue weighted by atomic mass is 15.2. The number of fused-ring (bicyclic) bond motifs is 6. The molecule has 0 bridgehead atoms. The molecule has 0 radical (unpaired) electrons. The van der Waals surface area contributed by atoms with E-state index in [9.17, 15) is 0 Å². The monoisotopic (exact) mass is 529 g/mol. The third kappa shape index (κ3) is 3.73. The highest BCUT2D eigenvalue weighted by Crippen LogP contribution is 2.50. The Labute approximate surface area is 240 Å². The van der Waals surface area contributed by atoms with Gasteiger partial charge in [-0.05, 0) is 46.5 Å². The molecule has 0 unspecified atom stereocenters. The van der Waals surface area contributed by atoms with E-state index in [0.29, 0.717) is 5.95 Å². The van der Waals surface area contributed by atoms with Crippen molar-refractivity contribution >= 4 is 21.8 Å². The zero-order valence-electron chi connectivity index (χ0n) is 22.5. The fraction of sp³-hybridized carbons (Fsp3) is 0.105. The summed E-state index contributed by atoms with van der Waals surface area (Å²) in [4.78, 5) is 10.4. The molecule has 0 saturated carbocycles. The molecule has 0 N–H and O–H groups in total. The predicted molar refractivity (Wildman–Crippen MR) is 172 cm³/mol. The van der Waals surface area contributed by atoms with E-state index in [1.807, 2.05) is 12.1 Å². The molecule has 0 aliphatic heterocycles. The van der Waals surface area contributed by atoms with E-state index in [1.165, 1.54) is 33.0 Å². The van der Waals surface area contributed by atoms with Crippen LogP contribution in [0.25, 0.3) is 61.4 Å². The van der Waals surface area contributed by atoms with Crippen LogP contribution < -0.4 is 0 Å². The molecule has 5 aromatic carbocycles. The van der Waals surface area contributed by atoms with Gasteiger partial charge in [0.05, 0.1) is 22.4 Å². The molecule has 7 aromatic rings. The molecule has 8 rings (SSSR count). The minimum atomic E-state index is -0.0939. The molecule has 1 aliphatic carbocycles. The van der Waals surface area contributed by atoms with Crippen molar-refractivity contribution in [2.24, 2.45) is 0 Å². The van der Waals surface area contributed by atoms with Gasteiger partial charge >= 0.3 is 0 Å². The number of aromatic nitrogens is 3. The van der Waals surface area contributed by atoms with Crippen LogP contribution in [0.5, 0.6) is 0 Å². The Morgan fingerprint density at radius 2 is 1.10 bits per heavy atom. The average Bonchev–Trinajstić information content (AvgIpc) is 3.45. The van der Waals surface area contributed by atoms with Gasteiger partial charge in [-0.1, -0.05) is 124 Å². The molecule has 0 fully saturated rings. The van der Waals surface area contributed by atoms with E-state index in [-0.39, 0.29) is 12.8 Å². The summed E-state index contributed by atoms with van der Waals surface area (Å²) in [7, 11) is 0. The first-order valence-electron chi connectivity index (χ1n) is 13.8. The van der Waals surface area contributed by atoms with Crippen molar-refractivity contribution in [3.05, 3.63) is 139 Å². The van der Waals surface area contributed by atoms with E-state index in [2.05, 4.69) is 134 Å². The van der Waals surface area contributed by atoms with Gasteiger partial charge in [-0.15, -0.1) is 0 Å². The van der Waals surface area contributed by atoms with Crippen LogP contribution in [0.4, 0.5) is 0 Å². The Morgan fingerprint density at radius 3 is 1.78 bits per heavy atom. The molecule has 198 valence electrons. The number of rotatable bonds is 3. The summed E-state index contributed by atoms with van der Waals surface area (Å²) < 4.78 is 2.25. The van der Waals surface area contributed by atoms with E-state index >= 15 is 0 Å². The van der Waals surface area contributed by atoms with Crippen molar-refractivity contribution in [3.63, 3.8) is 0 Å². The van der Waals surface area contributed by atoms with Crippen LogP contribution in [0, 0.1) is 0 Å². The van der Waals surface area contributed by atoms with Crippen molar-refractivity contribution in [3.8, 4) is 39.6 Å². The Hall–Kier alpha value is -5.02. The van der Waals surface area contributed by atoms with Gasteiger partial charge in [0.15, 0.2) is 0 Å². The summed E-state index contributed by atoms with van der Waals surface area (Å²) in [5.41, 5.74) is 11.5. The van der Waals surface area contributed by atoms with Crippen molar-refractivity contribution in [1.29, 1.82) is 0 Å². The molecule has 0 spiro atoms. The second kappa shape index (κ2) is 9.28. The number of para-hydroxylation sites is 1. The van der Waals surface area contributed by atoms with Gasteiger partial charge in [0.2, 0.25) is 5.95 Å². The van der Waals surface area contributed by atoms with Crippen LogP contribution in [-0.2, 0) is 5.41 Å². The van der Waals surface area contributed by atoms with Crippen molar-refractivity contribution in [2.75, 3.05) is 0 Å². The van der Waals surface area contributed by atoms with Crippen LogP contribution in [0.2, 0.25) is 0 Å². The quantitative estimate of drug-likeness (QED) is 0.228. The second-order valence-corrected chi connectivity index (χ2v) is 11.1. The molecular weight excluding hydrogens is 498 g/mol. The zero-order chi connectivity index (χ0) is 26.8. The molecule has 1 aliphatic rings. The first-order valence-corrected chi connectivity index (χ1v) is 13.8. The smallest absolute Gasteiger partial charge is 0.235 e. The maximum absolute atomic E-state index is 5.19. The lowest BCUT2D eigenvalue weighted by molar-refractivity contribution is 0.661. The third-order valence-corrected chi connectivity index (χ3v) is 8.43. The lowest BCUT2D eigenvalue weighted by Gasteiger charge is -2.21. The van der Waals surface area contributed by atoms with Gasteiger partial charge in [-0.3, -0.25) is 4.57 Å². The largest absolute Gasteiger partial charge is 0.278 e. The lowest BCUT2D eigenvalue weighted by Crippen LogP contribution is -2.15. The average molecular weight is 530 g/mol. The number of hydrogen-bond donors (Lipinski definition) is 0. The van der Waals surface area contributed by atoms with Crippen molar-refractivity contribution in [1.82, 2.24) is 14.5 Å². The van der Waals surface area contributed by atoms with E-state index < -0.39 is 0 Å². The molecule has 2 heterocycles. The molecule has 3 heteroatoms. The molecule has 2 aromatic heterocycles.